The van der Waals surface area contributed by atoms with E-state index in [2.05, 4.69) is 15.1 Å². The Hall–Kier alpha value is -4.22. The molecule has 0 aliphatic heterocycles. The van der Waals surface area contributed by atoms with E-state index in [0.29, 0.717) is 29.1 Å². The molecule has 0 aliphatic rings. The number of carbonyl (C=O) groups excluding carboxylic acids is 1. The van der Waals surface area contributed by atoms with Gasteiger partial charge in [0.05, 0.1) is 16.7 Å². The molecule has 0 atom stereocenters. The summed E-state index contributed by atoms with van der Waals surface area (Å²) in [7, 11) is 1.29. The number of pyridine rings is 1. The molecule has 192 valence electrons. The Bertz CT molecular complexity index is 1400. The Morgan fingerprint density at radius 1 is 0.946 bits per heavy atom. The zero-order chi connectivity index (χ0) is 27.0. The van der Waals surface area contributed by atoms with Crippen LogP contribution < -0.4 is 0 Å². The number of benzene rings is 2. The highest BCUT2D eigenvalue weighted by Crippen LogP contribution is 2.37. The summed E-state index contributed by atoms with van der Waals surface area (Å²) >= 11 is 0. The summed E-state index contributed by atoms with van der Waals surface area (Å²) < 4.78 is 81.0. The third-order valence-corrected chi connectivity index (χ3v) is 5.62. The van der Waals surface area contributed by atoms with Crippen molar-refractivity contribution in [1.29, 1.82) is 0 Å². The molecule has 2 aromatic heterocycles. The van der Waals surface area contributed by atoms with Gasteiger partial charge in [0.15, 0.2) is 5.82 Å². The third kappa shape index (κ3) is 5.63. The van der Waals surface area contributed by atoms with Crippen LogP contribution in [0.1, 0.15) is 32.6 Å². The number of alkyl halides is 6. The monoisotopic (exact) mass is 519 g/mol. The molecule has 2 heterocycles. The van der Waals surface area contributed by atoms with Gasteiger partial charge in [0, 0.05) is 19.8 Å². The first-order valence-corrected chi connectivity index (χ1v) is 10.8. The van der Waals surface area contributed by atoms with Gasteiger partial charge in [-0.2, -0.15) is 31.4 Å². The minimum absolute atomic E-state index is 0.0500. The number of amides is 1. The van der Waals surface area contributed by atoms with Crippen molar-refractivity contribution in [3.63, 3.8) is 0 Å². The second-order valence-electron chi connectivity index (χ2n) is 8.32. The summed E-state index contributed by atoms with van der Waals surface area (Å²) in [5.74, 6) is -0.274. The van der Waals surface area contributed by atoms with E-state index in [-0.39, 0.29) is 17.2 Å². The van der Waals surface area contributed by atoms with E-state index in [1.54, 1.807) is 18.2 Å². The number of aromatic nitrogens is 4. The largest absolute Gasteiger partial charge is 0.416 e. The summed E-state index contributed by atoms with van der Waals surface area (Å²) in [5.41, 5.74) is -1.10. The van der Waals surface area contributed by atoms with Crippen molar-refractivity contribution in [2.24, 2.45) is 0 Å². The average molecular weight is 519 g/mol. The number of aryl methyl sites for hydroxylation is 1. The lowest BCUT2D eigenvalue weighted by molar-refractivity contribution is -0.143. The molecule has 4 rings (SSSR count). The first-order chi connectivity index (χ1) is 17.3. The molecule has 0 aliphatic carbocycles. The SMILES string of the molecule is Cc1ccccc1-c1cc(-n2cncn2)ncc1C(=O)N(C)Cc1cc(C(F)(F)F)cc(C(F)(F)F)c1. The van der Waals surface area contributed by atoms with Gasteiger partial charge in [-0.15, -0.1) is 0 Å². The average Bonchev–Trinajstić information content (AvgIpc) is 3.37. The number of hydrogen-bond acceptors (Lipinski definition) is 4. The van der Waals surface area contributed by atoms with E-state index in [4.69, 9.17) is 0 Å². The van der Waals surface area contributed by atoms with Crippen LogP contribution in [0.2, 0.25) is 0 Å². The Labute approximate surface area is 207 Å². The maximum absolute atomic E-state index is 13.4. The molecule has 0 saturated carbocycles. The first-order valence-electron chi connectivity index (χ1n) is 10.8. The van der Waals surface area contributed by atoms with Gasteiger partial charge in [0.25, 0.3) is 5.91 Å². The van der Waals surface area contributed by atoms with Gasteiger partial charge in [-0.3, -0.25) is 4.79 Å². The lowest BCUT2D eigenvalue weighted by atomic mass is 9.96. The predicted molar refractivity (Wildman–Crippen MR) is 122 cm³/mol. The van der Waals surface area contributed by atoms with Crippen LogP contribution >= 0.6 is 0 Å². The molecule has 2 aromatic carbocycles. The van der Waals surface area contributed by atoms with Crippen LogP contribution in [0.3, 0.4) is 0 Å². The number of nitrogens with zero attached hydrogens (tertiary/aromatic N) is 5. The van der Waals surface area contributed by atoms with E-state index in [0.717, 1.165) is 10.5 Å². The van der Waals surface area contributed by atoms with Crippen molar-refractivity contribution in [1.82, 2.24) is 24.6 Å². The normalized spacial score (nSPS) is 12.0. The number of halogens is 6. The van der Waals surface area contributed by atoms with Gasteiger partial charge in [-0.05, 0) is 53.4 Å². The minimum atomic E-state index is -4.99. The van der Waals surface area contributed by atoms with Crippen LogP contribution in [-0.4, -0.2) is 37.6 Å². The molecule has 0 saturated heterocycles. The van der Waals surface area contributed by atoms with Crippen molar-refractivity contribution >= 4 is 5.91 Å². The Morgan fingerprint density at radius 3 is 2.16 bits per heavy atom. The molecule has 12 heteroatoms. The Kier molecular flexibility index (Phi) is 6.76. The smallest absolute Gasteiger partial charge is 0.337 e. The molecule has 4 aromatic rings. The molecule has 0 bridgehead atoms. The van der Waals surface area contributed by atoms with Crippen molar-refractivity contribution in [2.75, 3.05) is 7.05 Å². The zero-order valence-electron chi connectivity index (χ0n) is 19.5. The fourth-order valence-corrected chi connectivity index (χ4v) is 3.83. The summed E-state index contributed by atoms with van der Waals surface area (Å²) in [4.78, 5) is 22.6. The summed E-state index contributed by atoms with van der Waals surface area (Å²) in [6.45, 7) is 1.34. The second-order valence-corrected chi connectivity index (χ2v) is 8.32. The molecule has 0 radical (unpaired) electrons. The van der Waals surface area contributed by atoms with E-state index in [1.165, 1.54) is 30.6 Å². The molecule has 0 N–H and O–H groups in total. The number of carbonyl (C=O) groups is 1. The highest BCUT2D eigenvalue weighted by Gasteiger charge is 2.37. The fourth-order valence-electron chi connectivity index (χ4n) is 3.83. The maximum atomic E-state index is 13.4. The first kappa shape index (κ1) is 25.9. The Balaban J connectivity index is 1.74. The van der Waals surface area contributed by atoms with Crippen molar-refractivity contribution in [2.45, 2.75) is 25.8 Å². The number of hydrogen-bond donors (Lipinski definition) is 0. The second kappa shape index (κ2) is 9.68. The van der Waals surface area contributed by atoms with Gasteiger partial charge in [0.1, 0.15) is 12.7 Å². The van der Waals surface area contributed by atoms with Crippen LogP contribution in [0.25, 0.3) is 16.9 Å². The van der Waals surface area contributed by atoms with Gasteiger partial charge in [-0.1, -0.05) is 24.3 Å². The summed E-state index contributed by atoms with van der Waals surface area (Å²) in [6, 6.07) is 10.1. The fraction of sp³-hybridized carbons (Fsp3) is 0.200. The standard InChI is InChI=1S/C25H19F6N5O/c1-15-5-3-4-6-19(15)20-10-22(36-14-32-13-34-36)33-11-21(20)23(37)35(2)12-16-7-17(24(26,27)28)9-18(8-16)25(29,30)31/h3-11,13-14H,12H2,1-2H3. The van der Waals surface area contributed by atoms with Crippen LogP contribution in [0.4, 0.5) is 26.3 Å². The van der Waals surface area contributed by atoms with Crippen LogP contribution in [0, 0.1) is 6.92 Å². The lowest BCUT2D eigenvalue weighted by Crippen LogP contribution is -2.27. The Morgan fingerprint density at radius 2 is 1.59 bits per heavy atom. The van der Waals surface area contributed by atoms with E-state index in [1.807, 2.05) is 19.1 Å². The van der Waals surface area contributed by atoms with Gasteiger partial charge in [-0.25, -0.2) is 14.6 Å². The van der Waals surface area contributed by atoms with Crippen LogP contribution in [0.15, 0.2) is 67.4 Å². The molecule has 37 heavy (non-hydrogen) atoms. The minimum Gasteiger partial charge on any atom is -0.337 e. The molecule has 1 amide bonds. The third-order valence-electron chi connectivity index (χ3n) is 5.62. The van der Waals surface area contributed by atoms with Gasteiger partial charge in [0.2, 0.25) is 0 Å². The number of rotatable bonds is 5. The molecular formula is C25H19F6N5O. The summed E-state index contributed by atoms with van der Waals surface area (Å²) in [5, 5.41) is 4.03. The van der Waals surface area contributed by atoms with Crippen molar-refractivity contribution in [3.8, 4) is 16.9 Å². The quantitative estimate of drug-likeness (QED) is 0.306. The highest BCUT2D eigenvalue weighted by atomic mass is 19.4. The van der Waals surface area contributed by atoms with Crippen LogP contribution in [-0.2, 0) is 18.9 Å². The molecule has 6 nitrogen and oxygen atoms in total. The molecule has 0 unspecified atom stereocenters. The lowest BCUT2D eigenvalue weighted by Gasteiger charge is -2.21. The van der Waals surface area contributed by atoms with E-state index in [9.17, 15) is 31.1 Å². The predicted octanol–water partition coefficient (Wildman–Crippen LogP) is 5.95. The van der Waals surface area contributed by atoms with Crippen molar-refractivity contribution in [3.05, 3.63) is 95.2 Å². The molecular weight excluding hydrogens is 500 g/mol. The van der Waals surface area contributed by atoms with Gasteiger partial charge >= 0.3 is 12.4 Å². The van der Waals surface area contributed by atoms with E-state index >= 15 is 0 Å². The van der Waals surface area contributed by atoms with Gasteiger partial charge < -0.3 is 4.90 Å². The van der Waals surface area contributed by atoms with Crippen LogP contribution in [0.5, 0.6) is 0 Å². The van der Waals surface area contributed by atoms with Crippen molar-refractivity contribution < 1.29 is 31.1 Å². The van der Waals surface area contributed by atoms with E-state index < -0.39 is 35.9 Å². The summed E-state index contributed by atoms with van der Waals surface area (Å²) in [6.07, 6.45) is -5.95. The molecule has 0 spiro atoms. The topological polar surface area (TPSA) is 63.9 Å². The maximum Gasteiger partial charge on any atom is 0.416 e. The zero-order valence-corrected chi connectivity index (χ0v) is 19.5. The highest BCUT2D eigenvalue weighted by molar-refractivity contribution is 6.01. The molecule has 0 fully saturated rings.